The van der Waals surface area contributed by atoms with E-state index in [0.29, 0.717) is 27.1 Å². The summed E-state index contributed by atoms with van der Waals surface area (Å²) in [6.45, 7) is 3.43. The Balaban J connectivity index is 2.29. The molecule has 2 aromatic rings. The first-order valence-electron chi connectivity index (χ1n) is 6.03. The molecule has 0 aliphatic rings. The highest BCUT2D eigenvalue weighted by molar-refractivity contribution is 9.10. The molecule has 0 saturated carbocycles. The molecule has 7 heteroatoms. The lowest BCUT2D eigenvalue weighted by Gasteiger charge is -2.09. The average Bonchev–Trinajstić information content (AvgIpc) is 2.43. The zero-order valence-electron chi connectivity index (χ0n) is 11.3. The molecule has 108 valence electrons. The molecule has 0 radical (unpaired) electrons. The van der Waals surface area contributed by atoms with Crippen molar-refractivity contribution in [2.45, 2.75) is 13.8 Å². The number of rotatable bonds is 3. The van der Waals surface area contributed by atoms with E-state index < -0.39 is 5.97 Å². The topological polar surface area (TPSA) is 92.2 Å². The van der Waals surface area contributed by atoms with E-state index in [2.05, 4.69) is 31.4 Å². The van der Waals surface area contributed by atoms with Gasteiger partial charge in [-0.05, 0) is 54.0 Å². The Morgan fingerprint density at radius 3 is 2.52 bits per heavy atom. The second-order valence-electron chi connectivity index (χ2n) is 4.44. The van der Waals surface area contributed by atoms with Crippen molar-refractivity contribution in [1.82, 2.24) is 10.2 Å². The van der Waals surface area contributed by atoms with Crippen LogP contribution in [0.15, 0.2) is 28.7 Å². The number of nitrogens with zero attached hydrogens (tertiary/aromatic N) is 2. The predicted molar refractivity (Wildman–Crippen MR) is 80.6 cm³/mol. The monoisotopic (exact) mass is 349 g/mol. The van der Waals surface area contributed by atoms with E-state index >= 15 is 0 Å². The van der Waals surface area contributed by atoms with Gasteiger partial charge in [-0.15, -0.1) is 0 Å². The van der Waals surface area contributed by atoms with Gasteiger partial charge >= 0.3 is 5.97 Å². The summed E-state index contributed by atoms with van der Waals surface area (Å²) in [4.78, 5) is 23.3. The summed E-state index contributed by atoms with van der Waals surface area (Å²) >= 11 is 3.15. The summed E-state index contributed by atoms with van der Waals surface area (Å²) in [7, 11) is 0. The quantitative estimate of drug-likeness (QED) is 0.888. The highest BCUT2D eigenvalue weighted by Gasteiger charge is 2.14. The first-order valence-corrected chi connectivity index (χ1v) is 6.83. The first-order chi connectivity index (χ1) is 9.88. The molecule has 1 amide bonds. The van der Waals surface area contributed by atoms with E-state index in [1.54, 1.807) is 32.0 Å². The zero-order chi connectivity index (χ0) is 15.6. The van der Waals surface area contributed by atoms with Crippen molar-refractivity contribution < 1.29 is 14.7 Å². The number of carboxylic acid groups (broad SMARTS) is 1. The van der Waals surface area contributed by atoms with Crippen LogP contribution in [0.4, 0.5) is 5.69 Å². The Labute approximate surface area is 129 Å². The Morgan fingerprint density at radius 2 is 1.86 bits per heavy atom. The number of carboxylic acids is 1. The Bertz CT molecular complexity index is 731. The van der Waals surface area contributed by atoms with Crippen LogP contribution in [0.5, 0.6) is 0 Å². The van der Waals surface area contributed by atoms with Gasteiger partial charge in [0.25, 0.3) is 5.91 Å². The maximum absolute atomic E-state index is 12.2. The highest BCUT2D eigenvalue weighted by atomic mass is 79.9. The number of amides is 1. The van der Waals surface area contributed by atoms with Crippen molar-refractivity contribution in [3.63, 3.8) is 0 Å². The number of halogens is 1. The molecule has 1 aromatic heterocycles. The summed E-state index contributed by atoms with van der Waals surface area (Å²) in [5.41, 5.74) is 2.02. The number of aryl methyl sites for hydroxylation is 2. The van der Waals surface area contributed by atoms with Crippen LogP contribution < -0.4 is 5.32 Å². The molecule has 2 rings (SSSR count). The lowest BCUT2D eigenvalue weighted by molar-refractivity contribution is 0.0695. The fraction of sp³-hybridized carbons (Fsp3) is 0.143. The average molecular weight is 350 g/mol. The number of aromatic carboxylic acids is 1. The van der Waals surface area contributed by atoms with Gasteiger partial charge in [-0.25, -0.2) is 4.79 Å². The molecule has 0 spiro atoms. The second-order valence-corrected chi connectivity index (χ2v) is 5.29. The summed E-state index contributed by atoms with van der Waals surface area (Å²) in [5, 5.41) is 19.5. The van der Waals surface area contributed by atoms with Crippen molar-refractivity contribution in [2.24, 2.45) is 0 Å². The third kappa shape index (κ3) is 3.43. The lowest BCUT2D eigenvalue weighted by atomic mass is 10.1. The molecule has 0 aliphatic heterocycles. The van der Waals surface area contributed by atoms with Gasteiger partial charge in [0.15, 0.2) is 0 Å². The van der Waals surface area contributed by atoms with Gasteiger partial charge in [-0.3, -0.25) is 4.79 Å². The second kappa shape index (κ2) is 6.01. The van der Waals surface area contributed by atoms with Gasteiger partial charge in [0.2, 0.25) is 0 Å². The largest absolute Gasteiger partial charge is 0.478 e. The maximum Gasteiger partial charge on any atom is 0.336 e. The van der Waals surface area contributed by atoms with Gasteiger partial charge in [0, 0.05) is 10.2 Å². The lowest BCUT2D eigenvalue weighted by Crippen LogP contribution is -2.15. The summed E-state index contributed by atoms with van der Waals surface area (Å²) in [6.07, 6.45) is 0. The third-order valence-corrected chi connectivity index (χ3v) is 3.49. The molecule has 0 fully saturated rings. The smallest absolute Gasteiger partial charge is 0.336 e. The molecule has 0 saturated heterocycles. The first kappa shape index (κ1) is 15.1. The number of aromatic nitrogens is 2. The van der Waals surface area contributed by atoms with Crippen molar-refractivity contribution in [3.8, 4) is 0 Å². The minimum Gasteiger partial charge on any atom is -0.478 e. The number of carbonyl (C=O) groups excluding carboxylic acids is 1. The Hall–Kier alpha value is -2.28. The van der Waals surface area contributed by atoms with Crippen LogP contribution in [0.1, 0.15) is 32.1 Å². The van der Waals surface area contributed by atoms with E-state index in [-0.39, 0.29) is 11.5 Å². The number of benzene rings is 1. The van der Waals surface area contributed by atoms with Crippen LogP contribution in [0.3, 0.4) is 0 Å². The van der Waals surface area contributed by atoms with Crippen molar-refractivity contribution in [3.05, 3.63) is 51.3 Å². The maximum atomic E-state index is 12.2. The fourth-order valence-corrected chi connectivity index (χ4v) is 2.16. The molecule has 2 N–H and O–H groups in total. The number of carbonyl (C=O) groups is 2. The molecule has 1 aromatic carbocycles. The van der Waals surface area contributed by atoms with Crippen LogP contribution in [0, 0.1) is 13.8 Å². The van der Waals surface area contributed by atoms with Crippen LogP contribution in [0.2, 0.25) is 0 Å². The van der Waals surface area contributed by atoms with E-state index in [1.807, 2.05) is 0 Å². The number of nitrogens with one attached hydrogen (secondary N) is 1. The third-order valence-electron chi connectivity index (χ3n) is 2.80. The fourth-order valence-electron chi connectivity index (χ4n) is 1.75. The number of hydrogen-bond donors (Lipinski definition) is 2. The standard InChI is InChI=1S/C14H12BrN3O3/c1-7-5-10(8(2)18-17-7)13(19)16-9-3-4-12(15)11(6-9)14(20)21/h3-6H,1-2H3,(H,16,19)(H,20,21). The van der Waals surface area contributed by atoms with Gasteiger partial charge in [0.05, 0.1) is 22.5 Å². The van der Waals surface area contributed by atoms with Crippen molar-refractivity contribution in [1.29, 1.82) is 0 Å². The van der Waals surface area contributed by atoms with Gasteiger partial charge in [-0.1, -0.05) is 0 Å². The molecule has 0 aliphatic carbocycles. The molecule has 0 unspecified atom stereocenters. The zero-order valence-corrected chi connectivity index (χ0v) is 12.9. The highest BCUT2D eigenvalue weighted by Crippen LogP contribution is 2.21. The Morgan fingerprint density at radius 1 is 1.14 bits per heavy atom. The molecular formula is C14H12BrN3O3. The van der Waals surface area contributed by atoms with Crippen molar-refractivity contribution in [2.75, 3.05) is 5.32 Å². The van der Waals surface area contributed by atoms with E-state index in [0.717, 1.165) is 0 Å². The van der Waals surface area contributed by atoms with Gasteiger partial charge < -0.3 is 10.4 Å². The van der Waals surface area contributed by atoms with Crippen LogP contribution in [-0.2, 0) is 0 Å². The normalized spacial score (nSPS) is 10.2. The molecule has 6 nitrogen and oxygen atoms in total. The molecule has 0 atom stereocenters. The molecule has 21 heavy (non-hydrogen) atoms. The SMILES string of the molecule is Cc1cc(C(=O)Nc2ccc(Br)c(C(=O)O)c2)c(C)nn1. The molecule has 0 bridgehead atoms. The van der Waals surface area contributed by atoms with E-state index in [9.17, 15) is 9.59 Å². The minimum atomic E-state index is -1.07. The van der Waals surface area contributed by atoms with E-state index in [4.69, 9.17) is 5.11 Å². The van der Waals surface area contributed by atoms with Crippen LogP contribution in [-0.4, -0.2) is 27.2 Å². The van der Waals surface area contributed by atoms with E-state index in [1.165, 1.54) is 6.07 Å². The molecule has 1 heterocycles. The summed E-state index contributed by atoms with van der Waals surface area (Å²) in [5.74, 6) is -1.43. The van der Waals surface area contributed by atoms with Crippen molar-refractivity contribution >= 4 is 33.5 Å². The number of hydrogen-bond acceptors (Lipinski definition) is 4. The number of anilines is 1. The Kier molecular flexibility index (Phi) is 4.32. The minimum absolute atomic E-state index is 0.0774. The van der Waals surface area contributed by atoms with Gasteiger partial charge in [0.1, 0.15) is 0 Å². The summed E-state index contributed by atoms with van der Waals surface area (Å²) in [6, 6.07) is 6.21. The predicted octanol–water partition coefficient (Wildman–Crippen LogP) is 2.81. The van der Waals surface area contributed by atoms with Crippen LogP contribution >= 0.6 is 15.9 Å². The summed E-state index contributed by atoms with van der Waals surface area (Å²) < 4.78 is 0.450. The van der Waals surface area contributed by atoms with Gasteiger partial charge in [-0.2, -0.15) is 10.2 Å². The molecular weight excluding hydrogens is 338 g/mol. The van der Waals surface area contributed by atoms with Crippen LogP contribution in [0.25, 0.3) is 0 Å².